The van der Waals surface area contributed by atoms with Crippen LogP contribution in [0.3, 0.4) is 0 Å². The predicted octanol–water partition coefficient (Wildman–Crippen LogP) is 4.34. The van der Waals surface area contributed by atoms with Gasteiger partial charge in [-0.1, -0.05) is 121 Å². The van der Waals surface area contributed by atoms with Crippen LogP contribution in [0.25, 0.3) is 0 Å². The molecule has 69 heavy (non-hydrogen) atoms. The third-order valence-electron chi connectivity index (χ3n) is 11.5. The van der Waals surface area contributed by atoms with E-state index in [-0.39, 0.29) is 43.0 Å². The molecule has 0 unspecified atom stereocenters. The van der Waals surface area contributed by atoms with Gasteiger partial charge in [-0.25, -0.2) is 0 Å². The van der Waals surface area contributed by atoms with Crippen molar-refractivity contribution >= 4 is 41.4 Å². The zero-order valence-corrected chi connectivity index (χ0v) is 42.1. The van der Waals surface area contributed by atoms with Gasteiger partial charge in [0.2, 0.25) is 41.4 Å². The Bertz CT molecular complexity index is 2060. The van der Waals surface area contributed by atoms with E-state index in [0.717, 1.165) is 36.9 Å². The van der Waals surface area contributed by atoms with Gasteiger partial charge in [-0.15, -0.1) is 0 Å². The largest absolute Gasteiger partial charge is 0.368 e. The van der Waals surface area contributed by atoms with Crippen LogP contribution in [-0.2, 0) is 52.8 Å². The molecule has 0 radical (unpaired) electrons. The third-order valence-corrected chi connectivity index (χ3v) is 11.5. The molecule has 0 aliphatic heterocycles. The fourth-order valence-corrected chi connectivity index (χ4v) is 7.69. The zero-order valence-electron chi connectivity index (χ0n) is 42.1. The average molecular weight is 954 g/mol. The lowest BCUT2D eigenvalue weighted by molar-refractivity contribution is -0.136. The molecule has 16 heteroatoms. The summed E-state index contributed by atoms with van der Waals surface area (Å²) in [5.41, 5.74) is 7.72. The number of unbranched alkanes of at least 4 members (excludes halogenated alkanes) is 3. The third kappa shape index (κ3) is 22.2. The predicted molar refractivity (Wildman–Crippen MR) is 269 cm³/mol. The number of aromatic nitrogens is 1. The van der Waals surface area contributed by atoms with Crippen LogP contribution in [0.15, 0.2) is 85.1 Å². The number of pyridine rings is 1. The maximum atomic E-state index is 14.5. The number of rotatable bonds is 30. The summed E-state index contributed by atoms with van der Waals surface area (Å²) in [7, 11) is 0. The Labute approximate surface area is 409 Å². The first-order valence-electron chi connectivity index (χ1n) is 24.6. The fraction of sp³-hybridized carbons (Fsp3) is 0.547. The molecule has 0 fully saturated rings. The number of benzene rings is 2. The molecule has 0 saturated carbocycles. The van der Waals surface area contributed by atoms with Crippen molar-refractivity contribution in [2.45, 2.75) is 168 Å². The second kappa shape index (κ2) is 29.7. The first-order valence-corrected chi connectivity index (χ1v) is 24.6. The van der Waals surface area contributed by atoms with Crippen molar-refractivity contribution in [1.29, 1.82) is 0 Å². The summed E-state index contributed by atoms with van der Waals surface area (Å²) in [4.78, 5) is 101. The van der Waals surface area contributed by atoms with Crippen molar-refractivity contribution < 1.29 is 33.6 Å². The van der Waals surface area contributed by atoms with Gasteiger partial charge in [-0.2, -0.15) is 0 Å². The van der Waals surface area contributed by atoms with Crippen LogP contribution in [-0.4, -0.2) is 94.7 Å². The number of carbonyl (C=O) groups excluding carboxylic acids is 7. The monoisotopic (exact) mass is 954 g/mol. The second-order valence-corrected chi connectivity index (χ2v) is 19.7. The molecular formula is C53H79N9O7. The first kappa shape index (κ1) is 57.2. The van der Waals surface area contributed by atoms with Crippen molar-refractivity contribution in [3.8, 4) is 0 Å². The molecule has 6 atom stereocenters. The number of nitrogens with one attached hydrogen (secondary N) is 7. The van der Waals surface area contributed by atoms with Crippen LogP contribution >= 0.6 is 0 Å². The van der Waals surface area contributed by atoms with E-state index in [9.17, 15) is 33.6 Å². The van der Waals surface area contributed by atoms with Crippen LogP contribution in [0.1, 0.15) is 124 Å². The molecule has 0 saturated heterocycles. The summed E-state index contributed by atoms with van der Waals surface area (Å²) < 4.78 is 0. The van der Waals surface area contributed by atoms with Gasteiger partial charge in [-0.3, -0.25) is 38.5 Å². The average Bonchev–Trinajstić information content (AvgIpc) is 3.29. The molecule has 9 N–H and O–H groups in total. The van der Waals surface area contributed by atoms with Crippen molar-refractivity contribution in [2.24, 2.45) is 17.6 Å². The highest BCUT2D eigenvalue weighted by Gasteiger charge is 2.35. The molecule has 0 aliphatic rings. The number of amides is 7. The number of hydrogen-bond donors (Lipinski definition) is 8. The van der Waals surface area contributed by atoms with E-state index >= 15 is 0 Å². The quantitative estimate of drug-likeness (QED) is 0.0443. The van der Waals surface area contributed by atoms with E-state index in [0.29, 0.717) is 31.4 Å². The lowest BCUT2D eigenvalue weighted by Crippen LogP contribution is -2.61. The number of nitrogens with two attached hydrogens (primary N) is 1. The maximum absolute atomic E-state index is 14.5. The van der Waals surface area contributed by atoms with E-state index in [1.807, 2.05) is 81.4 Å². The second-order valence-electron chi connectivity index (χ2n) is 19.7. The maximum Gasteiger partial charge on any atom is 0.243 e. The fourth-order valence-electron chi connectivity index (χ4n) is 7.69. The molecule has 3 rings (SSSR count). The molecule has 16 nitrogen and oxygen atoms in total. The molecule has 0 bridgehead atoms. The highest BCUT2D eigenvalue weighted by molar-refractivity contribution is 5.97. The summed E-state index contributed by atoms with van der Waals surface area (Å²) in [6.45, 7) is 16.3. The molecule has 378 valence electrons. The van der Waals surface area contributed by atoms with Gasteiger partial charge in [0.15, 0.2) is 0 Å². The van der Waals surface area contributed by atoms with Crippen LogP contribution < -0.4 is 43.0 Å². The molecular weight excluding hydrogens is 875 g/mol. The van der Waals surface area contributed by atoms with Gasteiger partial charge < -0.3 is 43.0 Å². The summed E-state index contributed by atoms with van der Waals surface area (Å²) in [5.74, 6) is -4.63. The lowest BCUT2D eigenvalue weighted by atomic mass is 9.98. The van der Waals surface area contributed by atoms with E-state index in [4.69, 9.17) is 5.73 Å². The standard InChI is InChI=1S/C53H79N9O7/c1-9-10-13-28-41(57-45(63)34-39-26-18-20-29-55-39)48(65)59-42(31-35(2)3)51(68)62-46(36(4)5)52(69)61-44(33-38-24-16-12-17-25-38)50(67)60-43(32-37-22-14-11-15-23-37)49(66)58-40(47(54)64)27-19-21-30-56-53(6,7)8/h11-12,14-18,20,22-26,29,35-36,40-44,46,56H,9-10,13,19,21,27-28,30-34H2,1-8H3,(H2,54,64)(H,57,63)(H,58,66)(H,59,65)(H,60,67)(H,61,69)(H,62,68)/t40-,41-,42-,43-,44-,46-/m0/s1. The summed E-state index contributed by atoms with van der Waals surface area (Å²) in [6.07, 6.45) is 6.38. The van der Waals surface area contributed by atoms with Crippen molar-refractivity contribution in [1.82, 2.24) is 42.2 Å². The number of hydrogen-bond acceptors (Lipinski definition) is 9. The molecule has 3 aromatic rings. The van der Waals surface area contributed by atoms with E-state index < -0.39 is 77.6 Å². The Balaban J connectivity index is 1.85. The molecule has 0 spiro atoms. The molecule has 0 aliphatic carbocycles. The minimum atomic E-state index is -1.21. The van der Waals surface area contributed by atoms with Gasteiger partial charge in [0.05, 0.1) is 6.42 Å². The highest BCUT2D eigenvalue weighted by atomic mass is 16.2. The van der Waals surface area contributed by atoms with Gasteiger partial charge in [-0.05, 0) is 94.5 Å². The topological polar surface area (TPSA) is 243 Å². The minimum Gasteiger partial charge on any atom is -0.368 e. The highest BCUT2D eigenvalue weighted by Crippen LogP contribution is 2.13. The van der Waals surface area contributed by atoms with Crippen molar-refractivity contribution in [3.05, 3.63) is 102 Å². The van der Waals surface area contributed by atoms with Crippen molar-refractivity contribution in [2.75, 3.05) is 6.54 Å². The van der Waals surface area contributed by atoms with Gasteiger partial charge in [0.1, 0.15) is 36.3 Å². The first-order chi connectivity index (χ1) is 32.8. The van der Waals surface area contributed by atoms with E-state index in [2.05, 4.69) is 63.0 Å². The molecule has 2 aromatic carbocycles. The molecule has 7 amide bonds. The SMILES string of the molecule is CCCCC[C@H](NC(=O)Cc1ccccn1)C(=O)N[C@@H](CC(C)C)C(=O)N[C@H](C(=O)N[C@@H](Cc1ccccc1)C(=O)N[C@@H](Cc1ccccc1)C(=O)N[C@@H](CCCCNC(C)(C)C)C(N)=O)C(C)C. The lowest BCUT2D eigenvalue weighted by Gasteiger charge is -2.29. The summed E-state index contributed by atoms with van der Waals surface area (Å²) >= 11 is 0. The Hall–Kier alpha value is -6.16. The Morgan fingerprint density at radius 1 is 0.565 bits per heavy atom. The van der Waals surface area contributed by atoms with Crippen LogP contribution in [0, 0.1) is 11.8 Å². The van der Waals surface area contributed by atoms with Crippen molar-refractivity contribution in [3.63, 3.8) is 0 Å². The van der Waals surface area contributed by atoms with E-state index in [1.165, 1.54) is 0 Å². The van der Waals surface area contributed by atoms with Crippen LogP contribution in [0.5, 0.6) is 0 Å². The van der Waals surface area contributed by atoms with Crippen LogP contribution in [0.2, 0.25) is 0 Å². The van der Waals surface area contributed by atoms with Gasteiger partial charge in [0.25, 0.3) is 0 Å². The smallest absolute Gasteiger partial charge is 0.243 e. The number of nitrogens with zero attached hydrogens (tertiary/aromatic N) is 1. The van der Waals surface area contributed by atoms with E-state index in [1.54, 1.807) is 38.2 Å². The summed E-state index contributed by atoms with van der Waals surface area (Å²) in [5, 5.41) is 20.5. The Morgan fingerprint density at radius 3 is 1.57 bits per heavy atom. The van der Waals surface area contributed by atoms with Crippen LogP contribution in [0.4, 0.5) is 0 Å². The van der Waals surface area contributed by atoms with Gasteiger partial charge in [0, 0.05) is 30.3 Å². The molecule has 1 heterocycles. The normalized spacial score (nSPS) is 14.1. The number of primary amides is 1. The molecule has 1 aromatic heterocycles. The zero-order chi connectivity index (χ0) is 50.9. The minimum absolute atomic E-state index is 0.0180. The Morgan fingerprint density at radius 2 is 1.06 bits per heavy atom. The Kier molecular flexibility index (Phi) is 24.6. The summed E-state index contributed by atoms with van der Waals surface area (Å²) in [6, 6.07) is 17.0. The van der Waals surface area contributed by atoms with Gasteiger partial charge >= 0.3 is 0 Å². The number of carbonyl (C=O) groups is 7.